The molecular formula is C13H19ClO3. The number of unbranched alkanes of at least 4 members (excludes halogenated alkanes) is 2. The van der Waals surface area contributed by atoms with Crippen LogP contribution < -0.4 is 0 Å². The van der Waals surface area contributed by atoms with Crippen LogP contribution in [-0.4, -0.2) is 17.7 Å². The fourth-order valence-corrected chi connectivity index (χ4v) is 1.38. The fraction of sp³-hybridized carbons (Fsp3) is 0.462. The van der Waals surface area contributed by atoms with E-state index < -0.39 is 12.1 Å². The van der Waals surface area contributed by atoms with Gasteiger partial charge in [0.1, 0.15) is 0 Å². The predicted molar refractivity (Wildman–Crippen MR) is 69.1 cm³/mol. The van der Waals surface area contributed by atoms with E-state index in [-0.39, 0.29) is 12.4 Å². The fourth-order valence-electron chi connectivity index (χ4n) is 1.38. The van der Waals surface area contributed by atoms with E-state index in [1.807, 2.05) is 6.07 Å². The van der Waals surface area contributed by atoms with Gasteiger partial charge in [-0.25, -0.2) is 4.79 Å². The van der Waals surface area contributed by atoms with Crippen LogP contribution in [0.15, 0.2) is 30.3 Å². The first-order chi connectivity index (χ1) is 7.75. The van der Waals surface area contributed by atoms with Crippen LogP contribution in [0.3, 0.4) is 0 Å². The first-order valence-electron chi connectivity index (χ1n) is 5.65. The van der Waals surface area contributed by atoms with Gasteiger partial charge in [0, 0.05) is 0 Å². The summed E-state index contributed by atoms with van der Waals surface area (Å²) in [5, 5.41) is 9.67. The van der Waals surface area contributed by atoms with Crippen molar-refractivity contribution in [1.82, 2.24) is 0 Å². The zero-order valence-electron chi connectivity index (χ0n) is 9.96. The number of aliphatic hydroxyl groups excluding tert-OH is 1. The summed E-state index contributed by atoms with van der Waals surface area (Å²) in [6.07, 6.45) is 1.81. The Balaban J connectivity index is 0.00000256. The summed E-state index contributed by atoms with van der Waals surface area (Å²) < 4.78 is 4.97. The van der Waals surface area contributed by atoms with Crippen molar-refractivity contribution in [1.29, 1.82) is 0 Å². The van der Waals surface area contributed by atoms with Gasteiger partial charge in [-0.1, -0.05) is 50.1 Å². The number of hydrogen-bond donors (Lipinski definition) is 1. The molecule has 1 atom stereocenters. The Morgan fingerprint density at radius 3 is 2.53 bits per heavy atom. The highest BCUT2D eigenvalue weighted by Crippen LogP contribution is 2.13. The van der Waals surface area contributed by atoms with E-state index in [1.54, 1.807) is 24.3 Å². The molecule has 0 radical (unpaired) electrons. The molecule has 0 saturated carbocycles. The number of halogens is 1. The molecule has 0 saturated heterocycles. The number of benzene rings is 1. The Kier molecular flexibility index (Phi) is 8.46. The summed E-state index contributed by atoms with van der Waals surface area (Å²) in [7, 11) is 0. The molecule has 1 aromatic rings. The summed E-state index contributed by atoms with van der Waals surface area (Å²) in [6, 6.07) is 8.81. The summed E-state index contributed by atoms with van der Waals surface area (Å²) in [5.74, 6) is -0.567. The van der Waals surface area contributed by atoms with Crippen LogP contribution >= 0.6 is 12.4 Å². The number of carbonyl (C=O) groups excluding carboxylic acids is 1. The Hall–Kier alpha value is -1.06. The third-order valence-electron chi connectivity index (χ3n) is 2.33. The lowest BCUT2D eigenvalue weighted by atomic mass is 10.1. The SMILES string of the molecule is CCCCCOC(=O)C(O)c1ccccc1.Cl. The van der Waals surface area contributed by atoms with Crippen molar-refractivity contribution in [2.75, 3.05) is 6.61 Å². The Morgan fingerprint density at radius 1 is 1.29 bits per heavy atom. The minimum Gasteiger partial charge on any atom is -0.464 e. The van der Waals surface area contributed by atoms with Crippen LogP contribution in [0.1, 0.15) is 37.9 Å². The van der Waals surface area contributed by atoms with Crippen molar-refractivity contribution in [3.8, 4) is 0 Å². The van der Waals surface area contributed by atoms with Gasteiger partial charge in [-0.05, 0) is 12.0 Å². The van der Waals surface area contributed by atoms with Gasteiger partial charge < -0.3 is 9.84 Å². The third kappa shape index (κ3) is 5.71. The van der Waals surface area contributed by atoms with Gasteiger partial charge in [0.05, 0.1) is 6.61 Å². The smallest absolute Gasteiger partial charge is 0.339 e. The van der Waals surface area contributed by atoms with Crippen molar-refractivity contribution in [3.63, 3.8) is 0 Å². The lowest BCUT2D eigenvalue weighted by Gasteiger charge is -2.10. The molecular weight excluding hydrogens is 240 g/mol. The molecule has 0 heterocycles. The number of rotatable bonds is 6. The van der Waals surface area contributed by atoms with Gasteiger partial charge >= 0.3 is 5.97 Å². The molecule has 17 heavy (non-hydrogen) atoms. The van der Waals surface area contributed by atoms with Gasteiger partial charge in [-0.3, -0.25) is 0 Å². The van der Waals surface area contributed by atoms with Gasteiger partial charge in [-0.15, -0.1) is 12.4 Å². The second-order valence-corrected chi connectivity index (χ2v) is 3.69. The molecule has 1 rings (SSSR count). The minimum absolute atomic E-state index is 0. The molecule has 0 aromatic heterocycles. The zero-order valence-corrected chi connectivity index (χ0v) is 10.8. The highest BCUT2D eigenvalue weighted by molar-refractivity contribution is 5.85. The van der Waals surface area contributed by atoms with Gasteiger partial charge in [-0.2, -0.15) is 0 Å². The monoisotopic (exact) mass is 258 g/mol. The normalized spacial score (nSPS) is 11.4. The van der Waals surface area contributed by atoms with E-state index in [2.05, 4.69) is 6.92 Å². The van der Waals surface area contributed by atoms with Gasteiger partial charge in [0.2, 0.25) is 0 Å². The molecule has 96 valence electrons. The number of esters is 1. The van der Waals surface area contributed by atoms with Crippen molar-refractivity contribution >= 4 is 18.4 Å². The van der Waals surface area contributed by atoms with Crippen LogP contribution in [0.4, 0.5) is 0 Å². The van der Waals surface area contributed by atoms with Crippen LogP contribution in [-0.2, 0) is 9.53 Å². The predicted octanol–water partition coefficient (Wildman–Crippen LogP) is 2.88. The summed E-state index contributed by atoms with van der Waals surface area (Å²) in [6.45, 7) is 2.47. The van der Waals surface area contributed by atoms with Crippen LogP contribution in [0.25, 0.3) is 0 Å². The Labute approximate surface area is 108 Å². The van der Waals surface area contributed by atoms with Crippen molar-refractivity contribution in [2.45, 2.75) is 32.3 Å². The summed E-state index contributed by atoms with van der Waals surface area (Å²) >= 11 is 0. The quantitative estimate of drug-likeness (QED) is 0.630. The van der Waals surface area contributed by atoms with Crippen LogP contribution in [0.2, 0.25) is 0 Å². The zero-order chi connectivity index (χ0) is 11.8. The van der Waals surface area contributed by atoms with Gasteiger partial charge in [0.25, 0.3) is 0 Å². The first kappa shape index (κ1) is 15.9. The highest BCUT2D eigenvalue weighted by atomic mass is 35.5. The van der Waals surface area contributed by atoms with E-state index in [1.165, 1.54) is 0 Å². The van der Waals surface area contributed by atoms with Gasteiger partial charge in [0.15, 0.2) is 6.10 Å². The lowest BCUT2D eigenvalue weighted by molar-refractivity contribution is -0.154. The van der Waals surface area contributed by atoms with Crippen LogP contribution in [0.5, 0.6) is 0 Å². The number of aliphatic hydroxyl groups is 1. The molecule has 0 aliphatic rings. The third-order valence-corrected chi connectivity index (χ3v) is 2.33. The molecule has 3 nitrogen and oxygen atoms in total. The molecule has 0 amide bonds. The topological polar surface area (TPSA) is 46.5 Å². The van der Waals surface area contributed by atoms with Crippen LogP contribution in [0, 0.1) is 0 Å². The second kappa shape index (κ2) is 9.02. The average molecular weight is 259 g/mol. The molecule has 0 aliphatic carbocycles. The number of carbonyl (C=O) groups is 1. The summed E-state index contributed by atoms with van der Waals surface area (Å²) in [4.78, 5) is 11.4. The molecule has 1 unspecified atom stereocenters. The molecule has 0 fully saturated rings. The molecule has 4 heteroatoms. The average Bonchev–Trinajstić information content (AvgIpc) is 2.34. The molecule has 0 bridgehead atoms. The van der Waals surface area contributed by atoms with E-state index in [9.17, 15) is 9.90 Å². The highest BCUT2D eigenvalue weighted by Gasteiger charge is 2.17. The Bertz CT molecular complexity index is 314. The maximum Gasteiger partial charge on any atom is 0.339 e. The molecule has 1 aromatic carbocycles. The lowest BCUT2D eigenvalue weighted by Crippen LogP contribution is -2.16. The number of ether oxygens (including phenoxy) is 1. The Morgan fingerprint density at radius 2 is 1.94 bits per heavy atom. The van der Waals surface area contributed by atoms with E-state index in [0.29, 0.717) is 12.2 Å². The largest absolute Gasteiger partial charge is 0.464 e. The maximum absolute atomic E-state index is 11.4. The van der Waals surface area contributed by atoms with E-state index >= 15 is 0 Å². The molecule has 0 spiro atoms. The standard InChI is InChI=1S/C13H18O3.ClH/c1-2-3-7-10-16-13(15)12(14)11-8-5-4-6-9-11;/h4-6,8-9,12,14H,2-3,7,10H2,1H3;1H. The maximum atomic E-state index is 11.4. The molecule has 0 aliphatic heterocycles. The summed E-state index contributed by atoms with van der Waals surface area (Å²) in [5.41, 5.74) is 0.572. The molecule has 1 N–H and O–H groups in total. The van der Waals surface area contributed by atoms with Crippen molar-refractivity contribution in [2.24, 2.45) is 0 Å². The van der Waals surface area contributed by atoms with E-state index in [4.69, 9.17) is 4.74 Å². The first-order valence-corrected chi connectivity index (χ1v) is 5.65. The number of hydrogen-bond acceptors (Lipinski definition) is 3. The van der Waals surface area contributed by atoms with Crippen molar-refractivity contribution in [3.05, 3.63) is 35.9 Å². The van der Waals surface area contributed by atoms with Crippen molar-refractivity contribution < 1.29 is 14.6 Å². The minimum atomic E-state index is -1.16. The van der Waals surface area contributed by atoms with E-state index in [0.717, 1.165) is 19.3 Å². The second-order valence-electron chi connectivity index (χ2n) is 3.69.